The number of hydrogen-bond acceptors (Lipinski definition) is 2. The zero-order valence-corrected chi connectivity index (χ0v) is 9.39. The molecule has 3 unspecified atom stereocenters. The molecule has 0 bridgehead atoms. The molecule has 2 heteroatoms. The first kappa shape index (κ1) is 10.4. The lowest BCUT2D eigenvalue weighted by Gasteiger charge is -2.26. The average molecular weight is 196 g/mol. The summed E-state index contributed by atoms with van der Waals surface area (Å²) >= 11 is 0. The van der Waals surface area contributed by atoms with E-state index in [2.05, 4.69) is 17.6 Å². The SMILES string of the molecule is CC1CCCC1CNC1CCCNC1. The highest BCUT2D eigenvalue weighted by molar-refractivity contribution is 4.80. The fourth-order valence-electron chi connectivity index (χ4n) is 2.87. The van der Waals surface area contributed by atoms with E-state index in [0.29, 0.717) is 0 Å². The maximum atomic E-state index is 3.73. The highest BCUT2D eigenvalue weighted by atomic mass is 15.0. The van der Waals surface area contributed by atoms with Crippen molar-refractivity contribution in [3.8, 4) is 0 Å². The summed E-state index contributed by atoms with van der Waals surface area (Å²) in [5.74, 6) is 1.91. The van der Waals surface area contributed by atoms with E-state index in [1.165, 1.54) is 51.7 Å². The topological polar surface area (TPSA) is 24.1 Å². The van der Waals surface area contributed by atoms with E-state index in [-0.39, 0.29) is 0 Å². The normalized spacial score (nSPS) is 38.8. The molecule has 82 valence electrons. The second kappa shape index (κ2) is 5.13. The van der Waals surface area contributed by atoms with Crippen LogP contribution in [0.3, 0.4) is 0 Å². The third-order valence-corrected chi connectivity index (χ3v) is 4.00. The molecule has 3 atom stereocenters. The molecule has 0 radical (unpaired) electrons. The minimum absolute atomic E-state index is 0.747. The number of nitrogens with one attached hydrogen (secondary N) is 2. The molecule has 14 heavy (non-hydrogen) atoms. The van der Waals surface area contributed by atoms with Gasteiger partial charge in [-0.05, 0) is 44.2 Å². The van der Waals surface area contributed by atoms with Crippen molar-refractivity contribution in [1.29, 1.82) is 0 Å². The van der Waals surface area contributed by atoms with Crippen molar-refractivity contribution >= 4 is 0 Å². The average Bonchev–Trinajstić information content (AvgIpc) is 2.63. The van der Waals surface area contributed by atoms with Gasteiger partial charge in [-0.1, -0.05) is 19.8 Å². The van der Waals surface area contributed by atoms with Crippen molar-refractivity contribution in [3.05, 3.63) is 0 Å². The van der Waals surface area contributed by atoms with Crippen molar-refractivity contribution in [2.45, 2.75) is 45.1 Å². The van der Waals surface area contributed by atoms with Crippen LogP contribution in [0, 0.1) is 11.8 Å². The Kier molecular flexibility index (Phi) is 3.82. The Morgan fingerprint density at radius 2 is 2.14 bits per heavy atom. The lowest BCUT2D eigenvalue weighted by atomic mass is 9.97. The maximum Gasteiger partial charge on any atom is 0.0193 e. The van der Waals surface area contributed by atoms with Crippen LogP contribution in [0.15, 0.2) is 0 Å². The van der Waals surface area contributed by atoms with Crippen molar-refractivity contribution < 1.29 is 0 Å². The zero-order valence-electron chi connectivity index (χ0n) is 9.39. The minimum Gasteiger partial charge on any atom is -0.315 e. The third-order valence-electron chi connectivity index (χ3n) is 4.00. The van der Waals surface area contributed by atoms with Crippen molar-refractivity contribution in [2.75, 3.05) is 19.6 Å². The van der Waals surface area contributed by atoms with Crippen LogP contribution < -0.4 is 10.6 Å². The quantitative estimate of drug-likeness (QED) is 0.719. The van der Waals surface area contributed by atoms with E-state index in [0.717, 1.165) is 17.9 Å². The smallest absolute Gasteiger partial charge is 0.0193 e. The van der Waals surface area contributed by atoms with Crippen LogP contribution in [0.4, 0.5) is 0 Å². The second-order valence-electron chi connectivity index (χ2n) is 5.12. The van der Waals surface area contributed by atoms with E-state index in [1.54, 1.807) is 0 Å². The summed E-state index contributed by atoms with van der Waals surface area (Å²) in [7, 11) is 0. The van der Waals surface area contributed by atoms with E-state index in [4.69, 9.17) is 0 Å². The molecule has 2 aliphatic rings. The Morgan fingerprint density at radius 1 is 1.21 bits per heavy atom. The molecular weight excluding hydrogens is 172 g/mol. The van der Waals surface area contributed by atoms with Gasteiger partial charge in [0.05, 0.1) is 0 Å². The fraction of sp³-hybridized carbons (Fsp3) is 1.00. The molecule has 1 saturated carbocycles. The van der Waals surface area contributed by atoms with Gasteiger partial charge >= 0.3 is 0 Å². The summed E-state index contributed by atoms with van der Waals surface area (Å²) in [5, 5.41) is 7.19. The third kappa shape index (κ3) is 2.71. The highest BCUT2D eigenvalue weighted by Gasteiger charge is 2.24. The first-order valence-corrected chi connectivity index (χ1v) is 6.30. The van der Waals surface area contributed by atoms with Crippen molar-refractivity contribution in [3.63, 3.8) is 0 Å². The van der Waals surface area contributed by atoms with Gasteiger partial charge in [0.25, 0.3) is 0 Å². The van der Waals surface area contributed by atoms with Gasteiger partial charge in [0.1, 0.15) is 0 Å². The highest BCUT2D eigenvalue weighted by Crippen LogP contribution is 2.30. The number of piperidine rings is 1. The summed E-state index contributed by atoms with van der Waals surface area (Å²) in [6, 6.07) is 0.747. The van der Waals surface area contributed by atoms with E-state index >= 15 is 0 Å². The van der Waals surface area contributed by atoms with Gasteiger partial charge < -0.3 is 10.6 Å². The van der Waals surface area contributed by atoms with Gasteiger partial charge in [-0.3, -0.25) is 0 Å². The molecule has 0 amide bonds. The zero-order chi connectivity index (χ0) is 9.80. The van der Waals surface area contributed by atoms with Gasteiger partial charge in [-0.15, -0.1) is 0 Å². The Balaban J connectivity index is 1.65. The van der Waals surface area contributed by atoms with Crippen LogP contribution in [0.1, 0.15) is 39.0 Å². The summed E-state index contributed by atoms with van der Waals surface area (Å²) < 4.78 is 0. The van der Waals surface area contributed by atoms with Gasteiger partial charge in [0, 0.05) is 12.6 Å². The van der Waals surface area contributed by atoms with E-state index in [9.17, 15) is 0 Å². The van der Waals surface area contributed by atoms with Crippen LogP contribution in [0.2, 0.25) is 0 Å². The van der Waals surface area contributed by atoms with Gasteiger partial charge in [-0.25, -0.2) is 0 Å². The molecule has 1 aliphatic heterocycles. The fourth-order valence-corrected chi connectivity index (χ4v) is 2.87. The molecule has 2 nitrogen and oxygen atoms in total. The van der Waals surface area contributed by atoms with Crippen molar-refractivity contribution in [1.82, 2.24) is 10.6 Å². The van der Waals surface area contributed by atoms with E-state index in [1.807, 2.05) is 0 Å². The first-order valence-electron chi connectivity index (χ1n) is 6.30. The largest absolute Gasteiger partial charge is 0.315 e. The number of hydrogen-bond donors (Lipinski definition) is 2. The molecule has 0 aromatic heterocycles. The van der Waals surface area contributed by atoms with Gasteiger partial charge in [0.2, 0.25) is 0 Å². The molecule has 1 heterocycles. The molecule has 2 rings (SSSR count). The molecule has 0 aromatic rings. The summed E-state index contributed by atoms with van der Waals surface area (Å²) in [5.41, 5.74) is 0. The number of rotatable bonds is 3. The Bertz CT molecular complexity index is 164. The molecule has 1 aliphatic carbocycles. The Morgan fingerprint density at radius 3 is 2.79 bits per heavy atom. The summed E-state index contributed by atoms with van der Waals surface area (Å²) in [4.78, 5) is 0. The van der Waals surface area contributed by atoms with Crippen LogP contribution in [-0.2, 0) is 0 Å². The first-order chi connectivity index (χ1) is 6.86. The Labute approximate surface area is 87.8 Å². The van der Waals surface area contributed by atoms with Crippen LogP contribution >= 0.6 is 0 Å². The Hall–Kier alpha value is -0.0800. The molecule has 2 N–H and O–H groups in total. The second-order valence-corrected chi connectivity index (χ2v) is 5.12. The standard InChI is InChI=1S/C12H24N2/c1-10-4-2-5-11(10)8-14-12-6-3-7-13-9-12/h10-14H,2-9H2,1H3. The lowest BCUT2D eigenvalue weighted by molar-refractivity contribution is 0.330. The predicted molar refractivity (Wildman–Crippen MR) is 60.4 cm³/mol. The predicted octanol–water partition coefficient (Wildman–Crippen LogP) is 1.76. The summed E-state index contributed by atoms with van der Waals surface area (Å²) in [6.07, 6.45) is 7.08. The molecule has 0 aromatic carbocycles. The van der Waals surface area contributed by atoms with Gasteiger partial charge in [0.15, 0.2) is 0 Å². The monoisotopic (exact) mass is 196 g/mol. The van der Waals surface area contributed by atoms with Crippen LogP contribution in [0.5, 0.6) is 0 Å². The van der Waals surface area contributed by atoms with Crippen LogP contribution in [-0.4, -0.2) is 25.7 Å². The molecule has 0 spiro atoms. The van der Waals surface area contributed by atoms with Crippen molar-refractivity contribution in [2.24, 2.45) is 11.8 Å². The van der Waals surface area contributed by atoms with Gasteiger partial charge in [-0.2, -0.15) is 0 Å². The summed E-state index contributed by atoms with van der Waals surface area (Å²) in [6.45, 7) is 6.07. The molecule has 1 saturated heterocycles. The molecular formula is C12H24N2. The van der Waals surface area contributed by atoms with E-state index < -0.39 is 0 Å². The molecule has 2 fully saturated rings. The van der Waals surface area contributed by atoms with Crippen LogP contribution in [0.25, 0.3) is 0 Å². The maximum absolute atomic E-state index is 3.73. The lowest BCUT2D eigenvalue weighted by Crippen LogP contribution is -2.44. The minimum atomic E-state index is 0.747.